The molecule has 1 heterocycles. The second-order valence-electron chi connectivity index (χ2n) is 10.0. The molecule has 1 aliphatic heterocycles. The average molecular weight is 527 g/mol. The van der Waals surface area contributed by atoms with Crippen LogP contribution in [0, 0.1) is 5.92 Å². The first-order valence-corrected chi connectivity index (χ1v) is 13.1. The molecule has 0 unspecified atom stereocenters. The predicted molar refractivity (Wildman–Crippen MR) is 152 cm³/mol. The SMILES string of the molecule is CN[C@@H](C)C(=O)N[C@H](C(=O)N1c2ccccc2C[C@H]1C(=O)Nc1ccccc1C(=O)c1ccccc1)C(C)C. The smallest absolute Gasteiger partial charge is 0.250 e. The zero-order valence-corrected chi connectivity index (χ0v) is 22.6. The molecule has 8 nitrogen and oxygen atoms in total. The van der Waals surface area contributed by atoms with E-state index in [0.717, 1.165) is 5.56 Å². The van der Waals surface area contributed by atoms with Crippen LogP contribution < -0.4 is 20.9 Å². The zero-order valence-electron chi connectivity index (χ0n) is 22.6. The number of anilines is 2. The summed E-state index contributed by atoms with van der Waals surface area (Å²) in [7, 11) is 1.67. The number of amides is 3. The van der Waals surface area contributed by atoms with Gasteiger partial charge in [-0.1, -0.05) is 74.5 Å². The minimum Gasteiger partial charge on any atom is -0.343 e. The highest BCUT2D eigenvalue weighted by Crippen LogP contribution is 2.34. The Kier molecular flexibility index (Phi) is 8.56. The summed E-state index contributed by atoms with van der Waals surface area (Å²) >= 11 is 0. The molecule has 1 aliphatic rings. The number of carbonyl (C=O) groups excluding carboxylic acids is 4. The minimum atomic E-state index is -0.852. The lowest BCUT2D eigenvalue weighted by atomic mass is 10.0. The van der Waals surface area contributed by atoms with Crippen LogP contribution in [0.2, 0.25) is 0 Å². The van der Waals surface area contributed by atoms with E-state index in [1.165, 1.54) is 4.90 Å². The van der Waals surface area contributed by atoms with Crippen LogP contribution in [0.15, 0.2) is 78.9 Å². The third-order valence-electron chi connectivity index (χ3n) is 7.04. The molecule has 0 saturated heterocycles. The van der Waals surface area contributed by atoms with E-state index in [-0.39, 0.29) is 23.5 Å². The molecule has 0 fully saturated rings. The third-order valence-corrected chi connectivity index (χ3v) is 7.04. The highest BCUT2D eigenvalue weighted by molar-refractivity contribution is 6.15. The van der Waals surface area contributed by atoms with Gasteiger partial charge < -0.3 is 16.0 Å². The maximum atomic E-state index is 14.0. The van der Waals surface area contributed by atoms with Crippen LogP contribution in [0.4, 0.5) is 11.4 Å². The fourth-order valence-electron chi connectivity index (χ4n) is 4.69. The Bertz CT molecular complexity index is 1370. The molecule has 0 radical (unpaired) electrons. The fourth-order valence-corrected chi connectivity index (χ4v) is 4.69. The summed E-state index contributed by atoms with van der Waals surface area (Å²) in [5.74, 6) is -1.50. The number of fused-ring (bicyclic) bond motifs is 1. The van der Waals surface area contributed by atoms with E-state index >= 15 is 0 Å². The van der Waals surface area contributed by atoms with E-state index < -0.39 is 24.0 Å². The van der Waals surface area contributed by atoms with E-state index in [2.05, 4.69) is 16.0 Å². The van der Waals surface area contributed by atoms with Crippen LogP contribution in [0.25, 0.3) is 0 Å². The summed E-state index contributed by atoms with van der Waals surface area (Å²) < 4.78 is 0. The third kappa shape index (κ3) is 5.91. The Labute approximate surface area is 228 Å². The maximum absolute atomic E-state index is 14.0. The van der Waals surface area contributed by atoms with Gasteiger partial charge in [0.1, 0.15) is 12.1 Å². The topological polar surface area (TPSA) is 108 Å². The van der Waals surface area contributed by atoms with Crippen LogP contribution in [0.5, 0.6) is 0 Å². The summed E-state index contributed by atoms with van der Waals surface area (Å²) in [6, 6.07) is 20.9. The van der Waals surface area contributed by atoms with E-state index in [4.69, 9.17) is 0 Å². The van der Waals surface area contributed by atoms with Gasteiger partial charge in [0, 0.05) is 23.2 Å². The van der Waals surface area contributed by atoms with Crippen LogP contribution in [-0.2, 0) is 20.8 Å². The number of para-hydroxylation sites is 2. The van der Waals surface area contributed by atoms with Gasteiger partial charge >= 0.3 is 0 Å². The number of hydrogen-bond acceptors (Lipinski definition) is 5. The van der Waals surface area contributed by atoms with Crippen molar-refractivity contribution >= 4 is 34.9 Å². The maximum Gasteiger partial charge on any atom is 0.250 e. The summed E-state index contributed by atoms with van der Waals surface area (Å²) in [6.07, 6.45) is 0.314. The molecule has 3 N–H and O–H groups in total. The molecule has 202 valence electrons. The van der Waals surface area contributed by atoms with Gasteiger partial charge in [0.2, 0.25) is 11.8 Å². The molecular formula is C31H34N4O4. The number of nitrogens with zero attached hydrogens (tertiary/aromatic N) is 1. The highest BCUT2D eigenvalue weighted by atomic mass is 16.2. The Balaban J connectivity index is 1.64. The van der Waals surface area contributed by atoms with Crippen molar-refractivity contribution in [3.05, 3.63) is 95.6 Å². The zero-order chi connectivity index (χ0) is 28.1. The predicted octanol–water partition coefficient (Wildman–Crippen LogP) is 3.56. The van der Waals surface area contributed by atoms with Gasteiger partial charge in [-0.2, -0.15) is 0 Å². The molecule has 0 bridgehead atoms. The van der Waals surface area contributed by atoms with Crippen molar-refractivity contribution in [2.75, 3.05) is 17.3 Å². The van der Waals surface area contributed by atoms with Gasteiger partial charge in [0.15, 0.2) is 5.78 Å². The lowest BCUT2D eigenvalue weighted by Crippen LogP contribution is -2.57. The number of hydrogen-bond donors (Lipinski definition) is 3. The number of nitrogens with one attached hydrogen (secondary N) is 3. The molecular weight excluding hydrogens is 492 g/mol. The number of benzene rings is 3. The van der Waals surface area contributed by atoms with Gasteiger partial charge in [-0.15, -0.1) is 0 Å². The monoisotopic (exact) mass is 526 g/mol. The quantitative estimate of drug-likeness (QED) is 0.370. The molecule has 8 heteroatoms. The van der Waals surface area contributed by atoms with Crippen LogP contribution >= 0.6 is 0 Å². The van der Waals surface area contributed by atoms with Crippen molar-refractivity contribution in [3.8, 4) is 0 Å². The van der Waals surface area contributed by atoms with Crippen LogP contribution in [-0.4, -0.2) is 48.7 Å². The van der Waals surface area contributed by atoms with Crippen molar-refractivity contribution in [2.24, 2.45) is 5.92 Å². The van der Waals surface area contributed by atoms with E-state index in [9.17, 15) is 19.2 Å². The second kappa shape index (κ2) is 12.0. The summed E-state index contributed by atoms with van der Waals surface area (Å²) in [5, 5.41) is 8.65. The van der Waals surface area contributed by atoms with Crippen molar-refractivity contribution in [3.63, 3.8) is 0 Å². The average Bonchev–Trinajstić information content (AvgIpc) is 3.35. The van der Waals surface area contributed by atoms with Crippen molar-refractivity contribution in [2.45, 2.75) is 45.3 Å². The van der Waals surface area contributed by atoms with Gasteiger partial charge in [-0.05, 0) is 43.7 Å². The Morgan fingerprint density at radius 1 is 0.846 bits per heavy atom. The summed E-state index contributed by atoms with van der Waals surface area (Å²) in [6.45, 7) is 5.43. The Hall–Kier alpha value is -4.30. The first kappa shape index (κ1) is 27.7. The second-order valence-corrected chi connectivity index (χ2v) is 10.0. The molecule has 39 heavy (non-hydrogen) atoms. The fraction of sp³-hybridized carbons (Fsp3) is 0.290. The molecule has 3 aromatic carbocycles. The molecule has 0 saturated carbocycles. The van der Waals surface area contributed by atoms with Crippen molar-refractivity contribution < 1.29 is 19.2 Å². The minimum absolute atomic E-state index is 0.213. The van der Waals surface area contributed by atoms with Crippen molar-refractivity contribution in [1.29, 1.82) is 0 Å². The Morgan fingerprint density at radius 3 is 2.18 bits per heavy atom. The van der Waals surface area contributed by atoms with Gasteiger partial charge in [-0.3, -0.25) is 24.1 Å². The number of rotatable bonds is 9. The number of ketones is 1. The first-order chi connectivity index (χ1) is 18.7. The molecule has 3 aromatic rings. The lowest BCUT2D eigenvalue weighted by molar-refractivity contribution is -0.130. The number of carbonyl (C=O) groups is 4. The molecule has 3 atom stereocenters. The standard InChI is InChI=1S/C31H34N4O4/c1-19(2)27(34-29(37)20(3)32-4)31(39)35-25-17-11-8-14-22(25)18-26(35)30(38)33-24-16-10-9-15-23(24)28(36)21-12-6-5-7-13-21/h5-17,19-20,26-27,32H,18H2,1-4H3,(H,33,38)(H,34,37)/t20-,26-,27-/m0/s1. The number of likely N-dealkylation sites (N-methyl/N-ethyl adjacent to an activating group) is 1. The lowest BCUT2D eigenvalue weighted by Gasteiger charge is -2.31. The summed E-state index contributed by atoms with van der Waals surface area (Å²) in [5.41, 5.74) is 2.74. The van der Waals surface area contributed by atoms with Crippen LogP contribution in [0.3, 0.4) is 0 Å². The van der Waals surface area contributed by atoms with E-state index in [1.807, 2.05) is 44.2 Å². The Morgan fingerprint density at radius 2 is 1.49 bits per heavy atom. The molecule has 3 amide bonds. The highest BCUT2D eigenvalue weighted by Gasteiger charge is 2.42. The molecule has 0 aromatic heterocycles. The van der Waals surface area contributed by atoms with Gasteiger partial charge in [0.25, 0.3) is 5.91 Å². The molecule has 4 rings (SSSR count). The van der Waals surface area contributed by atoms with E-state index in [1.54, 1.807) is 62.5 Å². The first-order valence-electron chi connectivity index (χ1n) is 13.1. The van der Waals surface area contributed by atoms with E-state index in [0.29, 0.717) is 28.9 Å². The summed E-state index contributed by atoms with van der Waals surface area (Å²) in [4.78, 5) is 55.1. The molecule has 0 spiro atoms. The van der Waals surface area contributed by atoms with Gasteiger partial charge in [-0.25, -0.2) is 0 Å². The largest absolute Gasteiger partial charge is 0.343 e. The van der Waals surface area contributed by atoms with Crippen molar-refractivity contribution in [1.82, 2.24) is 10.6 Å². The molecule has 0 aliphatic carbocycles. The van der Waals surface area contributed by atoms with Gasteiger partial charge in [0.05, 0.1) is 11.7 Å². The normalized spacial score (nSPS) is 15.8. The van der Waals surface area contributed by atoms with Crippen LogP contribution in [0.1, 0.15) is 42.3 Å².